The molecule has 1 saturated carbocycles. The highest BCUT2D eigenvalue weighted by atomic mass is 127. The van der Waals surface area contributed by atoms with E-state index in [1.54, 1.807) is 7.11 Å². The van der Waals surface area contributed by atoms with E-state index in [2.05, 4.69) is 22.0 Å². The summed E-state index contributed by atoms with van der Waals surface area (Å²) in [6, 6.07) is 0. The molecule has 1 N–H and O–H groups in total. The maximum atomic E-state index is 5.19. The van der Waals surface area contributed by atoms with Gasteiger partial charge in [-0.15, -0.1) is 24.0 Å². The fraction of sp³-hybridized carbons (Fsp3) is 0.947. The third-order valence-corrected chi connectivity index (χ3v) is 6.31. The van der Waals surface area contributed by atoms with Gasteiger partial charge in [0.2, 0.25) is 0 Å². The first kappa shape index (κ1) is 21.2. The molecular formula is C19H37IN4O. The molecule has 3 rings (SSSR count). The van der Waals surface area contributed by atoms with Gasteiger partial charge in [0.1, 0.15) is 0 Å². The first-order chi connectivity index (χ1) is 11.7. The molecule has 0 radical (unpaired) electrons. The van der Waals surface area contributed by atoms with Crippen molar-refractivity contribution in [3.63, 3.8) is 0 Å². The number of methoxy groups -OCH3 is 1. The molecule has 146 valence electrons. The Hall–Kier alpha value is -0.0800. The van der Waals surface area contributed by atoms with E-state index in [9.17, 15) is 0 Å². The molecule has 0 aromatic rings. The molecule has 0 aromatic carbocycles. The van der Waals surface area contributed by atoms with Crippen molar-refractivity contribution in [1.82, 2.24) is 15.1 Å². The van der Waals surface area contributed by atoms with Gasteiger partial charge in [0, 0.05) is 39.8 Å². The Morgan fingerprint density at radius 1 is 1.20 bits per heavy atom. The second kappa shape index (κ2) is 10.3. The minimum absolute atomic E-state index is 0. The van der Waals surface area contributed by atoms with E-state index in [-0.39, 0.29) is 24.0 Å². The van der Waals surface area contributed by atoms with Crippen molar-refractivity contribution < 1.29 is 4.74 Å². The summed E-state index contributed by atoms with van der Waals surface area (Å²) >= 11 is 0. The zero-order chi connectivity index (χ0) is 16.8. The largest absolute Gasteiger partial charge is 0.383 e. The zero-order valence-electron chi connectivity index (χ0n) is 16.1. The number of nitrogens with one attached hydrogen (secondary N) is 1. The van der Waals surface area contributed by atoms with Crippen LogP contribution in [0.4, 0.5) is 0 Å². The molecule has 5 nitrogen and oxygen atoms in total. The summed E-state index contributed by atoms with van der Waals surface area (Å²) in [5.74, 6) is 1.92. The first-order valence-electron chi connectivity index (χ1n) is 9.99. The molecule has 2 heterocycles. The Kier molecular flexibility index (Phi) is 8.75. The number of aliphatic imine (C=N–C) groups is 1. The predicted octanol–water partition coefficient (Wildman–Crippen LogP) is 2.80. The van der Waals surface area contributed by atoms with Crippen molar-refractivity contribution >= 4 is 29.9 Å². The van der Waals surface area contributed by atoms with Crippen LogP contribution in [-0.2, 0) is 4.74 Å². The average Bonchev–Trinajstić information content (AvgIpc) is 3.03. The van der Waals surface area contributed by atoms with Crippen LogP contribution in [0, 0.1) is 11.3 Å². The normalized spacial score (nSPS) is 24.2. The Morgan fingerprint density at radius 3 is 2.52 bits per heavy atom. The minimum Gasteiger partial charge on any atom is -0.383 e. The molecular weight excluding hydrogens is 427 g/mol. The molecule has 25 heavy (non-hydrogen) atoms. The number of ether oxygens (including phenoxy) is 1. The van der Waals surface area contributed by atoms with Gasteiger partial charge < -0.3 is 19.9 Å². The Bertz CT molecular complexity index is 420. The van der Waals surface area contributed by atoms with Gasteiger partial charge in [-0.25, -0.2) is 0 Å². The Balaban J connectivity index is 0.00000225. The van der Waals surface area contributed by atoms with Crippen LogP contribution in [0.2, 0.25) is 0 Å². The molecule has 0 aromatic heterocycles. The van der Waals surface area contributed by atoms with E-state index in [0.29, 0.717) is 5.41 Å². The highest BCUT2D eigenvalue weighted by molar-refractivity contribution is 14.0. The zero-order valence-corrected chi connectivity index (χ0v) is 18.5. The van der Waals surface area contributed by atoms with E-state index in [0.717, 1.165) is 32.2 Å². The van der Waals surface area contributed by atoms with E-state index in [1.807, 2.05) is 0 Å². The first-order valence-corrected chi connectivity index (χ1v) is 9.99. The number of guanidine groups is 1. The predicted molar refractivity (Wildman–Crippen MR) is 115 cm³/mol. The van der Waals surface area contributed by atoms with Gasteiger partial charge in [-0.05, 0) is 63.5 Å². The third kappa shape index (κ3) is 5.70. The van der Waals surface area contributed by atoms with E-state index >= 15 is 0 Å². The summed E-state index contributed by atoms with van der Waals surface area (Å²) in [6.07, 6.45) is 8.22. The lowest BCUT2D eigenvalue weighted by atomic mass is 9.68. The van der Waals surface area contributed by atoms with Crippen LogP contribution in [0.3, 0.4) is 0 Å². The number of rotatable bonds is 6. The lowest BCUT2D eigenvalue weighted by Gasteiger charge is -2.38. The molecule has 3 aliphatic rings. The maximum absolute atomic E-state index is 5.19. The lowest BCUT2D eigenvalue weighted by molar-refractivity contribution is 0.121. The highest BCUT2D eigenvalue weighted by Crippen LogP contribution is 2.47. The SMILES string of the molecule is CCNC(=NCC1CCN(CCOC)CC1)N1CCC2(CCC2)C1.I. The fourth-order valence-corrected chi connectivity index (χ4v) is 4.46. The standard InChI is InChI=1S/C19H36N4O.HI/c1-3-20-18(23-12-9-19(16-23)7-4-8-19)21-15-17-5-10-22(11-6-17)13-14-24-2;/h17H,3-16H2,1-2H3,(H,20,21);1H. The molecule has 1 aliphatic carbocycles. The van der Waals surface area contributed by atoms with E-state index in [4.69, 9.17) is 9.73 Å². The molecule has 0 amide bonds. The van der Waals surface area contributed by atoms with Gasteiger partial charge in [-0.1, -0.05) is 6.42 Å². The number of hydrogen-bond donors (Lipinski definition) is 1. The maximum Gasteiger partial charge on any atom is 0.193 e. The number of halogens is 1. The van der Waals surface area contributed by atoms with Gasteiger partial charge in [0.15, 0.2) is 5.96 Å². The average molecular weight is 464 g/mol. The van der Waals surface area contributed by atoms with Crippen LogP contribution in [-0.4, -0.2) is 75.3 Å². The van der Waals surface area contributed by atoms with Crippen molar-refractivity contribution in [2.75, 3.05) is 59.5 Å². The smallest absolute Gasteiger partial charge is 0.193 e. The second-order valence-corrected chi connectivity index (χ2v) is 8.00. The van der Waals surface area contributed by atoms with Crippen LogP contribution < -0.4 is 5.32 Å². The minimum atomic E-state index is 0. The monoisotopic (exact) mass is 464 g/mol. The van der Waals surface area contributed by atoms with Crippen molar-refractivity contribution in [3.05, 3.63) is 0 Å². The topological polar surface area (TPSA) is 40.1 Å². The quantitative estimate of drug-likeness (QED) is 0.373. The number of likely N-dealkylation sites (tertiary alicyclic amines) is 2. The van der Waals surface area contributed by atoms with Crippen LogP contribution in [0.25, 0.3) is 0 Å². The summed E-state index contributed by atoms with van der Waals surface area (Å²) < 4.78 is 5.19. The molecule has 2 aliphatic heterocycles. The summed E-state index contributed by atoms with van der Waals surface area (Å²) in [6.45, 7) is 10.9. The van der Waals surface area contributed by atoms with Gasteiger partial charge in [0.25, 0.3) is 0 Å². The third-order valence-electron chi connectivity index (χ3n) is 6.31. The summed E-state index contributed by atoms with van der Waals surface area (Å²) in [4.78, 5) is 10.1. The van der Waals surface area contributed by atoms with Crippen LogP contribution in [0.1, 0.15) is 45.4 Å². The number of hydrogen-bond acceptors (Lipinski definition) is 3. The van der Waals surface area contributed by atoms with Crippen molar-refractivity contribution in [1.29, 1.82) is 0 Å². The van der Waals surface area contributed by atoms with Gasteiger partial charge in [-0.3, -0.25) is 4.99 Å². The summed E-state index contributed by atoms with van der Waals surface area (Å²) in [5, 5.41) is 3.54. The van der Waals surface area contributed by atoms with Crippen molar-refractivity contribution in [3.8, 4) is 0 Å². The van der Waals surface area contributed by atoms with Crippen LogP contribution in [0.5, 0.6) is 0 Å². The van der Waals surface area contributed by atoms with E-state index in [1.165, 1.54) is 70.7 Å². The molecule has 2 saturated heterocycles. The lowest BCUT2D eigenvalue weighted by Crippen LogP contribution is -2.43. The van der Waals surface area contributed by atoms with Gasteiger partial charge in [0.05, 0.1) is 6.61 Å². The molecule has 1 spiro atoms. The highest BCUT2D eigenvalue weighted by Gasteiger charge is 2.43. The Labute approximate surface area is 171 Å². The van der Waals surface area contributed by atoms with Crippen molar-refractivity contribution in [2.45, 2.75) is 45.4 Å². The van der Waals surface area contributed by atoms with Gasteiger partial charge >= 0.3 is 0 Å². The van der Waals surface area contributed by atoms with Crippen molar-refractivity contribution in [2.24, 2.45) is 16.3 Å². The Morgan fingerprint density at radius 2 is 1.96 bits per heavy atom. The molecule has 6 heteroatoms. The van der Waals surface area contributed by atoms with E-state index < -0.39 is 0 Å². The molecule has 3 fully saturated rings. The molecule has 0 atom stereocenters. The van der Waals surface area contributed by atoms with Gasteiger partial charge in [-0.2, -0.15) is 0 Å². The molecule has 0 unspecified atom stereocenters. The number of piperidine rings is 1. The van der Waals surface area contributed by atoms with Crippen LogP contribution >= 0.6 is 24.0 Å². The summed E-state index contributed by atoms with van der Waals surface area (Å²) in [5.41, 5.74) is 0.642. The summed E-state index contributed by atoms with van der Waals surface area (Å²) in [7, 11) is 1.79. The van der Waals surface area contributed by atoms with Crippen LogP contribution in [0.15, 0.2) is 4.99 Å². The fourth-order valence-electron chi connectivity index (χ4n) is 4.46. The number of nitrogens with zero attached hydrogens (tertiary/aromatic N) is 3. The second-order valence-electron chi connectivity index (χ2n) is 8.00. The molecule has 0 bridgehead atoms.